The van der Waals surface area contributed by atoms with Crippen LogP contribution in [0.15, 0.2) is 18.2 Å². The van der Waals surface area contributed by atoms with Gasteiger partial charge in [0.25, 0.3) is 0 Å². The molecule has 3 rings (SSSR count). The lowest BCUT2D eigenvalue weighted by Gasteiger charge is -2.04. The summed E-state index contributed by atoms with van der Waals surface area (Å²) in [6.07, 6.45) is 1.08. The van der Waals surface area contributed by atoms with E-state index in [4.69, 9.17) is 5.10 Å². The van der Waals surface area contributed by atoms with Gasteiger partial charge < -0.3 is 5.32 Å². The zero-order valence-electron chi connectivity index (χ0n) is 11.2. The maximum atomic E-state index is 4.76. The normalized spacial score (nSPS) is 13.5. The van der Waals surface area contributed by atoms with E-state index in [0.29, 0.717) is 0 Å². The first-order chi connectivity index (χ1) is 8.69. The van der Waals surface area contributed by atoms with Crippen molar-refractivity contribution in [2.45, 2.75) is 33.7 Å². The number of nitrogens with zero attached hydrogens (tertiary/aromatic N) is 2. The van der Waals surface area contributed by atoms with E-state index in [1.54, 1.807) is 0 Å². The second-order valence-corrected chi connectivity index (χ2v) is 5.04. The fraction of sp³-hybridized carbons (Fsp3) is 0.400. The molecule has 0 saturated carbocycles. The molecule has 0 bridgehead atoms. The Bertz CT molecular complexity index is 576. The highest BCUT2D eigenvalue weighted by atomic mass is 15.3. The highest BCUT2D eigenvalue weighted by molar-refractivity contribution is 5.72. The van der Waals surface area contributed by atoms with Crippen molar-refractivity contribution in [1.82, 2.24) is 9.78 Å². The molecule has 3 nitrogen and oxygen atoms in total. The Labute approximate surface area is 108 Å². The molecule has 0 spiro atoms. The summed E-state index contributed by atoms with van der Waals surface area (Å²) < 4.78 is 2.08. The van der Waals surface area contributed by atoms with Gasteiger partial charge >= 0.3 is 0 Å². The Balaban J connectivity index is 2.17. The van der Waals surface area contributed by atoms with E-state index in [-0.39, 0.29) is 0 Å². The molecule has 0 saturated heterocycles. The van der Waals surface area contributed by atoms with Gasteiger partial charge in [-0.1, -0.05) is 17.2 Å². The Hall–Kier alpha value is -1.77. The zero-order chi connectivity index (χ0) is 12.7. The third kappa shape index (κ3) is 1.70. The fourth-order valence-corrected chi connectivity index (χ4v) is 2.81. The van der Waals surface area contributed by atoms with Crippen molar-refractivity contribution in [2.24, 2.45) is 0 Å². The number of nitrogens with one attached hydrogen (secondary N) is 1. The molecular weight excluding hydrogens is 222 g/mol. The highest BCUT2D eigenvalue weighted by Gasteiger charge is 2.22. The molecule has 1 N–H and O–H groups in total. The molecule has 0 unspecified atom stereocenters. The first-order valence-corrected chi connectivity index (χ1v) is 6.61. The molecule has 0 radical (unpaired) electrons. The molecule has 1 aliphatic heterocycles. The van der Waals surface area contributed by atoms with Gasteiger partial charge in [-0.05, 0) is 39.3 Å². The smallest absolute Gasteiger partial charge is 0.128 e. The van der Waals surface area contributed by atoms with Gasteiger partial charge in [0.2, 0.25) is 0 Å². The lowest BCUT2D eigenvalue weighted by molar-refractivity contribution is 0.668. The van der Waals surface area contributed by atoms with Gasteiger partial charge in [-0.2, -0.15) is 5.10 Å². The van der Waals surface area contributed by atoms with Crippen molar-refractivity contribution >= 4 is 5.82 Å². The van der Waals surface area contributed by atoms with Crippen LogP contribution in [0.3, 0.4) is 0 Å². The Kier molecular flexibility index (Phi) is 2.62. The Morgan fingerprint density at radius 3 is 2.61 bits per heavy atom. The van der Waals surface area contributed by atoms with Crippen molar-refractivity contribution < 1.29 is 0 Å². The predicted molar refractivity (Wildman–Crippen MR) is 75.0 cm³/mol. The first-order valence-electron chi connectivity index (χ1n) is 6.61. The lowest BCUT2D eigenvalue weighted by Crippen LogP contribution is -2.04. The van der Waals surface area contributed by atoms with Crippen LogP contribution in [-0.4, -0.2) is 16.3 Å². The van der Waals surface area contributed by atoms with E-state index in [9.17, 15) is 0 Å². The number of benzene rings is 1. The minimum absolute atomic E-state index is 0.917. The van der Waals surface area contributed by atoms with Gasteiger partial charge in [0, 0.05) is 24.2 Å². The van der Waals surface area contributed by atoms with Crippen LogP contribution >= 0.6 is 0 Å². The van der Waals surface area contributed by atoms with Crippen LogP contribution in [0.25, 0.3) is 11.3 Å². The molecule has 18 heavy (non-hydrogen) atoms. The van der Waals surface area contributed by atoms with Gasteiger partial charge in [-0.3, -0.25) is 0 Å². The van der Waals surface area contributed by atoms with Crippen molar-refractivity contribution in [3.8, 4) is 11.3 Å². The lowest BCUT2D eigenvalue weighted by atomic mass is 10.0. The van der Waals surface area contributed by atoms with Gasteiger partial charge in [-0.25, -0.2) is 4.68 Å². The molecule has 0 amide bonds. The Morgan fingerprint density at radius 1 is 1.22 bits per heavy atom. The Morgan fingerprint density at radius 2 is 1.94 bits per heavy atom. The summed E-state index contributed by atoms with van der Waals surface area (Å²) in [6, 6.07) is 6.67. The molecule has 2 heterocycles. The molecule has 1 aliphatic rings. The summed E-state index contributed by atoms with van der Waals surface area (Å²) in [5, 5.41) is 8.20. The average Bonchev–Trinajstić information content (AvgIpc) is 2.87. The largest absolute Gasteiger partial charge is 0.370 e. The standard InChI is InChI=1S/C15H19N3/c1-4-18-15-13(5-6-16-15)14(17-18)12-8-10(2)7-11(3)9-12/h7-9,16H,4-6H2,1-3H3. The van der Waals surface area contributed by atoms with E-state index in [1.165, 1.54) is 28.1 Å². The maximum Gasteiger partial charge on any atom is 0.128 e. The molecule has 0 aliphatic carbocycles. The minimum atomic E-state index is 0.917. The summed E-state index contributed by atoms with van der Waals surface area (Å²) in [4.78, 5) is 0. The number of rotatable bonds is 2. The van der Waals surface area contributed by atoms with E-state index in [0.717, 1.165) is 25.2 Å². The van der Waals surface area contributed by atoms with Crippen LogP contribution in [-0.2, 0) is 13.0 Å². The number of aryl methyl sites for hydroxylation is 3. The van der Waals surface area contributed by atoms with Gasteiger partial charge in [0.1, 0.15) is 5.82 Å². The van der Waals surface area contributed by atoms with Crippen molar-refractivity contribution in [1.29, 1.82) is 0 Å². The summed E-state index contributed by atoms with van der Waals surface area (Å²) in [6.45, 7) is 8.38. The molecular formula is C15H19N3. The summed E-state index contributed by atoms with van der Waals surface area (Å²) >= 11 is 0. The molecule has 94 valence electrons. The third-order valence-electron chi connectivity index (χ3n) is 3.51. The van der Waals surface area contributed by atoms with Crippen LogP contribution in [0.1, 0.15) is 23.6 Å². The van der Waals surface area contributed by atoms with Gasteiger partial charge in [-0.15, -0.1) is 0 Å². The number of hydrogen-bond donors (Lipinski definition) is 1. The summed E-state index contributed by atoms with van der Waals surface area (Å²) in [5.74, 6) is 1.21. The van der Waals surface area contributed by atoms with E-state index < -0.39 is 0 Å². The van der Waals surface area contributed by atoms with Crippen LogP contribution in [0.5, 0.6) is 0 Å². The van der Waals surface area contributed by atoms with E-state index in [1.807, 2.05) is 0 Å². The molecule has 0 atom stereocenters. The van der Waals surface area contributed by atoms with Crippen molar-refractivity contribution in [3.63, 3.8) is 0 Å². The minimum Gasteiger partial charge on any atom is -0.370 e. The monoisotopic (exact) mass is 241 g/mol. The summed E-state index contributed by atoms with van der Waals surface area (Å²) in [7, 11) is 0. The average molecular weight is 241 g/mol. The molecule has 1 aromatic heterocycles. The SMILES string of the molecule is CCn1nc(-c2cc(C)cc(C)c2)c2c1NCC2. The third-order valence-corrected chi connectivity index (χ3v) is 3.51. The number of hydrogen-bond acceptors (Lipinski definition) is 2. The van der Waals surface area contributed by atoms with Crippen LogP contribution in [0.4, 0.5) is 5.82 Å². The van der Waals surface area contributed by atoms with Crippen molar-refractivity contribution in [2.75, 3.05) is 11.9 Å². The first kappa shape index (κ1) is 11.3. The number of fused-ring (bicyclic) bond motifs is 1. The topological polar surface area (TPSA) is 29.9 Å². The van der Waals surface area contributed by atoms with E-state index >= 15 is 0 Å². The number of anilines is 1. The molecule has 0 fully saturated rings. The van der Waals surface area contributed by atoms with Gasteiger partial charge in [0.15, 0.2) is 0 Å². The van der Waals surface area contributed by atoms with Crippen LogP contribution < -0.4 is 5.32 Å². The quantitative estimate of drug-likeness (QED) is 0.875. The maximum absolute atomic E-state index is 4.76. The molecule has 1 aromatic carbocycles. The molecule has 2 aromatic rings. The predicted octanol–water partition coefficient (Wildman–Crippen LogP) is 3.15. The van der Waals surface area contributed by atoms with Crippen molar-refractivity contribution in [3.05, 3.63) is 34.9 Å². The van der Waals surface area contributed by atoms with E-state index in [2.05, 4.69) is 49.0 Å². The fourth-order valence-electron chi connectivity index (χ4n) is 2.81. The van der Waals surface area contributed by atoms with Gasteiger partial charge in [0.05, 0.1) is 5.69 Å². The number of aromatic nitrogens is 2. The summed E-state index contributed by atoms with van der Waals surface area (Å²) in [5.41, 5.74) is 6.39. The zero-order valence-corrected chi connectivity index (χ0v) is 11.2. The molecule has 3 heteroatoms. The second-order valence-electron chi connectivity index (χ2n) is 5.04. The highest BCUT2D eigenvalue weighted by Crippen LogP contribution is 2.33. The second kappa shape index (κ2) is 4.16. The van der Waals surface area contributed by atoms with Crippen LogP contribution in [0.2, 0.25) is 0 Å². The van der Waals surface area contributed by atoms with Crippen LogP contribution in [0, 0.1) is 13.8 Å².